The average Bonchev–Trinajstić information content (AvgIpc) is 3.05. The molecule has 1 unspecified atom stereocenters. The first-order chi connectivity index (χ1) is 10.6. The van der Waals surface area contributed by atoms with Crippen LogP contribution in [0.3, 0.4) is 0 Å². The molecule has 1 aromatic heterocycles. The van der Waals surface area contributed by atoms with Gasteiger partial charge in [0.25, 0.3) is 5.91 Å². The van der Waals surface area contributed by atoms with Gasteiger partial charge in [-0.2, -0.15) is 0 Å². The van der Waals surface area contributed by atoms with Crippen LogP contribution in [-0.4, -0.2) is 38.0 Å². The normalized spacial score (nSPS) is 11.9. The first kappa shape index (κ1) is 15.7. The minimum Gasteiger partial charge on any atom is -0.480 e. The van der Waals surface area contributed by atoms with Crippen molar-refractivity contribution in [1.29, 1.82) is 0 Å². The van der Waals surface area contributed by atoms with Gasteiger partial charge in [-0.15, -0.1) is 5.10 Å². The average molecular weight is 302 g/mol. The zero-order valence-electron chi connectivity index (χ0n) is 12.3. The number of nitrogens with one attached hydrogen (secondary N) is 1. The lowest BCUT2D eigenvalue weighted by atomic mass is 10.1. The third-order valence-corrected chi connectivity index (χ3v) is 3.25. The van der Waals surface area contributed by atoms with E-state index < -0.39 is 17.9 Å². The maximum atomic E-state index is 12.2. The molecule has 0 aliphatic carbocycles. The van der Waals surface area contributed by atoms with Gasteiger partial charge in [0.2, 0.25) is 0 Å². The van der Waals surface area contributed by atoms with E-state index in [0.717, 1.165) is 12.8 Å². The van der Waals surface area contributed by atoms with Crippen LogP contribution in [0.25, 0.3) is 5.69 Å². The molecule has 7 heteroatoms. The lowest BCUT2D eigenvalue weighted by Crippen LogP contribution is -2.40. The van der Waals surface area contributed by atoms with Crippen LogP contribution < -0.4 is 5.32 Å². The Morgan fingerprint density at radius 1 is 1.41 bits per heavy atom. The molecule has 22 heavy (non-hydrogen) atoms. The predicted molar refractivity (Wildman–Crippen MR) is 79.8 cm³/mol. The third-order valence-electron chi connectivity index (χ3n) is 3.25. The molecule has 0 saturated heterocycles. The number of carboxylic acids is 1. The number of carbonyl (C=O) groups excluding carboxylic acids is 1. The lowest BCUT2D eigenvalue weighted by Gasteiger charge is -2.14. The van der Waals surface area contributed by atoms with Crippen molar-refractivity contribution < 1.29 is 14.7 Å². The molecule has 0 saturated carbocycles. The smallest absolute Gasteiger partial charge is 0.326 e. The Balaban J connectivity index is 2.12. The maximum absolute atomic E-state index is 12.2. The summed E-state index contributed by atoms with van der Waals surface area (Å²) >= 11 is 0. The van der Waals surface area contributed by atoms with Crippen LogP contribution in [0.4, 0.5) is 0 Å². The predicted octanol–water partition coefficient (Wildman–Crippen LogP) is 1.64. The summed E-state index contributed by atoms with van der Waals surface area (Å²) in [4.78, 5) is 23.4. The van der Waals surface area contributed by atoms with Crippen molar-refractivity contribution in [3.8, 4) is 5.69 Å². The second-order valence-corrected chi connectivity index (χ2v) is 4.90. The fourth-order valence-electron chi connectivity index (χ4n) is 2.04. The molecule has 7 nitrogen and oxygen atoms in total. The van der Waals surface area contributed by atoms with E-state index in [1.54, 1.807) is 30.5 Å². The summed E-state index contributed by atoms with van der Waals surface area (Å²) in [7, 11) is 0. The molecule has 0 aliphatic heterocycles. The minimum absolute atomic E-state index is 0.385. The second kappa shape index (κ2) is 7.35. The highest BCUT2D eigenvalue weighted by atomic mass is 16.4. The first-order valence-corrected chi connectivity index (χ1v) is 7.12. The zero-order chi connectivity index (χ0) is 15.9. The molecule has 0 fully saturated rings. The molecule has 1 aromatic carbocycles. The zero-order valence-corrected chi connectivity index (χ0v) is 12.3. The highest BCUT2D eigenvalue weighted by Crippen LogP contribution is 2.10. The molecule has 0 bridgehead atoms. The van der Waals surface area contributed by atoms with E-state index >= 15 is 0 Å². The molecular formula is C15H18N4O3. The lowest BCUT2D eigenvalue weighted by molar-refractivity contribution is -0.139. The molecule has 1 amide bonds. The number of carboxylic acid groups (broad SMARTS) is 1. The summed E-state index contributed by atoms with van der Waals surface area (Å²) in [6.07, 6.45) is 5.24. The fraction of sp³-hybridized carbons (Fsp3) is 0.333. The van der Waals surface area contributed by atoms with E-state index in [1.807, 2.05) is 6.92 Å². The largest absolute Gasteiger partial charge is 0.480 e. The number of carbonyl (C=O) groups is 2. The Bertz CT molecular complexity index is 640. The van der Waals surface area contributed by atoms with Crippen molar-refractivity contribution in [3.63, 3.8) is 0 Å². The van der Waals surface area contributed by atoms with E-state index in [4.69, 9.17) is 5.11 Å². The van der Waals surface area contributed by atoms with Gasteiger partial charge in [0, 0.05) is 5.56 Å². The molecule has 1 heterocycles. The van der Waals surface area contributed by atoms with Gasteiger partial charge in [-0.25, -0.2) is 9.48 Å². The maximum Gasteiger partial charge on any atom is 0.326 e. The summed E-state index contributed by atoms with van der Waals surface area (Å²) in [5.41, 5.74) is 1.07. The Labute approximate surface area is 128 Å². The number of benzene rings is 1. The van der Waals surface area contributed by atoms with Crippen molar-refractivity contribution in [3.05, 3.63) is 42.2 Å². The summed E-state index contributed by atoms with van der Waals surface area (Å²) in [6, 6.07) is 5.91. The Hall–Kier alpha value is -2.70. The summed E-state index contributed by atoms with van der Waals surface area (Å²) in [5, 5.41) is 19.3. The molecule has 2 N–H and O–H groups in total. The molecule has 2 aromatic rings. The molecule has 0 spiro atoms. The van der Waals surface area contributed by atoms with Gasteiger partial charge in [0.1, 0.15) is 6.04 Å². The number of aromatic nitrogens is 3. The quantitative estimate of drug-likeness (QED) is 0.810. The van der Waals surface area contributed by atoms with E-state index in [2.05, 4.69) is 15.6 Å². The van der Waals surface area contributed by atoms with Gasteiger partial charge in [-0.1, -0.05) is 31.0 Å². The number of hydrogen-bond donors (Lipinski definition) is 2. The summed E-state index contributed by atoms with van der Waals surface area (Å²) < 4.78 is 1.53. The van der Waals surface area contributed by atoms with Crippen molar-refractivity contribution in [2.24, 2.45) is 0 Å². The van der Waals surface area contributed by atoms with Crippen LogP contribution in [0.5, 0.6) is 0 Å². The van der Waals surface area contributed by atoms with Crippen LogP contribution in [0.2, 0.25) is 0 Å². The van der Waals surface area contributed by atoms with Gasteiger partial charge < -0.3 is 10.4 Å². The molecule has 116 valence electrons. The van der Waals surface area contributed by atoms with Crippen LogP contribution in [0.1, 0.15) is 36.5 Å². The van der Waals surface area contributed by atoms with Gasteiger partial charge in [-0.05, 0) is 24.6 Å². The van der Waals surface area contributed by atoms with Crippen molar-refractivity contribution in [2.75, 3.05) is 0 Å². The Morgan fingerprint density at radius 2 is 2.23 bits per heavy atom. The molecule has 2 rings (SSSR count). The number of rotatable bonds is 7. The Morgan fingerprint density at radius 3 is 2.86 bits per heavy atom. The number of hydrogen-bond acceptors (Lipinski definition) is 4. The van der Waals surface area contributed by atoms with Gasteiger partial charge in [0.15, 0.2) is 0 Å². The third kappa shape index (κ3) is 3.91. The second-order valence-electron chi connectivity index (χ2n) is 4.90. The summed E-state index contributed by atoms with van der Waals surface area (Å²) in [6.45, 7) is 1.97. The van der Waals surface area contributed by atoms with Gasteiger partial charge in [0.05, 0.1) is 18.1 Å². The SMILES string of the molecule is CCCCC(NC(=O)c1cccc(-n2ccnn2)c1)C(=O)O. The number of nitrogens with zero attached hydrogens (tertiary/aromatic N) is 3. The first-order valence-electron chi connectivity index (χ1n) is 7.12. The van der Waals surface area contributed by atoms with Crippen LogP contribution in [0.15, 0.2) is 36.7 Å². The number of amides is 1. The Kier molecular flexibility index (Phi) is 5.24. The van der Waals surface area contributed by atoms with E-state index in [0.29, 0.717) is 17.7 Å². The van der Waals surface area contributed by atoms with Crippen LogP contribution in [-0.2, 0) is 4.79 Å². The van der Waals surface area contributed by atoms with Crippen molar-refractivity contribution in [1.82, 2.24) is 20.3 Å². The van der Waals surface area contributed by atoms with Crippen molar-refractivity contribution >= 4 is 11.9 Å². The summed E-state index contributed by atoms with van der Waals surface area (Å²) in [5.74, 6) is -1.43. The highest BCUT2D eigenvalue weighted by Gasteiger charge is 2.20. The van der Waals surface area contributed by atoms with E-state index in [-0.39, 0.29) is 0 Å². The molecular weight excluding hydrogens is 284 g/mol. The minimum atomic E-state index is -1.02. The van der Waals surface area contributed by atoms with Gasteiger partial charge >= 0.3 is 5.97 Å². The van der Waals surface area contributed by atoms with Crippen LogP contribution in [0, 0.1) is 0 Å². The highest BCUT2D eigenvalue weighted by molar-refractivity contribution is 5.97. The number of unbranched alkanes of at least 4 members (excludes halogenated alkanes) is 1. The van der Waals surface area contributed by atoms with Crippen molar-refractivity contribution in [2.45, 2.75) is 32.2 Å². The number of aliphatic carboxylic acids is 1. The molecule has 0 radical (unpaired) electrons. The monoisotopic (exact) mass is 302 g/mol. The van der Waals surface area contributed by atoms with E-state index in [1.165, 1.54) is 10.9 Å². The van der Waals surface area contributed by atoms with Crippen LogP contribution >= 0.6 is 0 Å². The topological polar surface area (TPSA) is 97.1 Å². The fourth-order valence-corrected chi connectivity index (χ4v) is 2.04. The molecule has 1 atom stereocenters. The van der Waals surface area contributed by atoms with Gasteiger partial charge in [-0.3, -0.25) is 4.79 Å². The molecule has 0 aliphatic rings. The standard InChI is InChI=1S/C15H18N4O3/c1-2-3-7-13(15(21)22)17-14(20)11-5-4-6-12(10-11)19-9-8-16-18-19/h4-6,8-10,13H,2-3,7H2,1H3,(H,17,20)(H,21,22). The van der Waals surface area contributed by atoms with E-state index in [9.17, 15) is 9.59 Å².